The molecule has 2 N–H and O–H groups in total. The van der Waals surface area contributed by atoms with Gasteiger partial charge in [-0.25, -0.2) is 8.42 Å². The summed E-state index contributed by atoms with van der Waals surface area (Å²) in [7, 11) is -1.86. The Morgan fingerprint density at radius 3 is 2.75 bits per heavy atom. The zero-order valence-electron chi connectivity index (χ0n) is 11.7. The molecule has 2 aliphatic heterocycles. The fourth-order valence-corrected chi connectivity index (χ4v) is 4.82. The predicted octanol–water partition coefficient (Wildman–Crippen LogP) is -0.139. The molecule has 7 nitrogen and oxygen atoms in total. The normalized spacial score (nSPS) is 25.6. The third kappa shape index (κ3) is 2.32. The van der Waals surface area contributed by atoms with E-state index in [0.29, 0.717) is 19.1 Å². The van der Waals surface area contributed by atoms with E-state index in [2.05, 4.69) is 10.00 Å². The van der Waals surface area contributed by atoms with Crippen LogP contribution in [0.15, 0.2) is 11.1 Å². The van der Waals surface area contributed by atoms with Crippen LogP contribution in [-0.4, -0.2) is 59.6 Å². The first kappa shape index (κ1) is 13.8. The molecule has 2 fully saturated rings. The smallest absolute Gasteiger partial charge is 0.248 e. The molecule has 1 atom stereocenters. The zero-order chi connectivity index (χ0) is 14.3. The lowest BCUT2D eigenvalue weighted by Gasteiger charge is -2.24. The number of nitrogens with zero attached hydrogens (tertiary/aromatic N) is 4. The molecule has 0 amide bonds. The Hall–Kier alpha value is -1.12. The molecule has 20 heavy (non-hydrogen) atoms. The van der Waals surface area contributed by atoms with Gasteiger partial charge in [-0.3, -0.25) is 9.58 Å². The van der Waals surface area contributed by atoms with Crippen molar-refractivity contribution in [3.8, 4) is 0 Å². The highest BCUT2D eigenvalue weighted by atomic mass is 32.2. The number of aromatic nitrogens is 2. The van der Waals surface area contributed by atoms with Crippen LogP contribution in [0.25, 0.3) is 0 Å². The molecule has 8 heteroatoms. The molecule has 0 aliphatic carbocycles. The molecule has 112 valence electrons. The lowest BCUT2D eigenvalue weighted by Crippen LogP contribution is -2.39. The molecule has 3 heterocycles. The minimum absolute atomic E-state index is 0.0834. The van der Waals surface area contributed by atoms with Crippen molar-refractivity contribution in [1.29, 1.82) is 0 Å². The molecule has 1 aromatic rings. The SMILES string of the molecule is Cn1cc(S(=O)(=O)N2CCCN3CCCC3C2)c(N)n1. The number of anilines is 1. The van der Waals surface area contributed by atoms with Crippen LogP contribution in [0.1, 0.15) is 19.3 Å². The van der Waals surface area contributed by atoms with Gasteiger partial charge in [-0.2, -0.15) is 9.40 Å². The maximum atomic E-state index is 12.7. The number of sulfonamides is 1. The number of nitrogen functional groups attached to an aromatic ring is 1. The first-order chi connectivity index (χ1) is 9.48. The van der Waals surface area contributed by atoms with Gasteiger partial charge in [0.15, 0.2) is 5.82 Å². The van der Waals surface area contributed by atoms with Crippen molar-refractivity contribution in [2.45, 2.75) is 30.2 Å². The standard InChI is InChI=1S/C12H21N5O2S/c1-15-9-11(12(13)14-15)20(18,19)17-7-3-6-16-5-2-4-10(16)8-17/h9-10H,2-8H2,1H3,(H2,13,14). The lowest BCUT2D eigenvalue weighted by atomic mass is 10.2. The lowest BCUT2D eigenvalue weighted by molar-refractivity contribution is 0.257. The van der Waals surface area contributed by atoms with E-state index in [4.69, 9.17) is 5.73 Å². The van der Waals surface area contributed by atoms with Crippen LogP contribution in [0.2, 0.25) is 0 Å². The second-order valence-corrected chi connectivity index (χ2v) is 7.51. The maximum Gasteiger partial charge on any atom is 0.248 e. The number of nitrogens with two attached hydrogens (primary N) is 1. The van der Waals surface area contributed by atoms with Gasteiger partial charge in [0, 0.05) is 32.4 Å². The highest BCUT2D eigenvalue weighted by Gasteiger charge is 2.35. The van der Waals surface area contributed by atoms with Gasteiger partial charge in [0.2, 0.25) is 10.0 Å². The summed E-state index contributed by atoms with van der Waals surface area (Å²) in [6, 6.07) is 0.352. The van der Waals surface area contributed by atoms with Gasteiger partial charge in [0.25, 0.3) is 0 Å². The van der Waals surface area contributed by atoms with Crippen molar-refractivity contribution in [3.63, 3.8) is 0 Å². The minimum Gasteiger partial charge on any atom is -0.381 e. The monoisotopic (exact) mass is 299 g/mol. The number of aryl methyl sites for hydroxylation is 1. The van der Waals surface area contributed by atoms with E-state index in [0.717, 1.165) is 32.4 Å². The van der Waals surface area contributed by atoms with Crippen LogP contribution in [0.4, 0.5) is 5.82 Å². The molecule has 2 saturated heterocycles. The fourth-order valence-electron chi connectivity index (χ4n) is 3.21. The minimum atomic E-state index is -3.54. The van der Waals surface area contributed by atoms with Crippen molar-refractivity contribution in [1.82, 2.24) is 19.0 Å². The third-order valence-electron chi connectivity index (χ3n) is 4.21. The van der Waals surface area contributed by atoms with Gasteiger partial charge < -0.3 is 5.73 Å². The second-order valence-electron chi connectivity index (χ2n) is 5.60. The Morgan fingerprint density at radius 2 is 2.05 bits per heavy atom. The van der Waals surface area contributed by atoms with Crippen LogP contribution >= 0.6 is 0 Å². The molecule has 3 rings (SSSR count). The van der Waals surface area contributed by atoms with Crippen molar-refractivity contribution in [2.75, 3.05) is 31.9 Å². The summed E-state index contributed by atoms with van der Waals surface area (Å²) in [5, 5.41) is 3.94. The van der Waals surface area contributed by atoms with Gasteiger partial charge in [0.1, 0.15) is 4.90 Å². The Balaban J connectivity index is 1.88. The van der Waals surface area contributed by atoms with E-state index in [1.165, 1.54) is 10.9 Å². The van der Waals surface area contributed by atoms with Crippen LogP contribution in [0, 0.1) is 0 Å². The summed E-state index contributed by atoms with van der Waals surface area (Å²) in [4.78, 5) is 2.54. The Morgan fingerprint density at radius 1 is 1.30 bits per heavy atom. The topological polar surface area (TPSA) is 84.5 Å². The van der Waals surface area contributed by atoms with Crippen LogP contribution in [0.5, 0.6) is 0 Å². The van der Waals surface area contributed by atoms with Gasteiger partial charge in [-0.1, -0.05) is 0 Å². The molecule has 2 aliphatic rings. The zero-order valence-corrected chi connectivity index (χ0v) is 12.5. The van der Waals surface area contributed by atoms with E-state index in [1.807, 2.05) is 0 Å². The first-order valence-electron chi connectivity index (χ1n) is 7.02. The molecular weight excluding hydrogens is 278 g/mol. The van der Waals surface area contributed by atoms with Gasteiger partial charge >= 0.3 is 0 Å². The number of hydrogen-bond donors (Lipinski definition) is 1. The summed E-state index contributed by atoms with van der Waals surface area (Å²) >= 11 is 0. The quantitative estimate of drug-likeness (QED) is 0.822. The molecule has 0 spiro atoms. The van der Waals surface area contributed by atoms with Crippen molar-refractivity contribution in [2.24, 2.45) is 7.05 Å². The molecule has 0 radical (unpaired) electrons. The Labute approximate surface area is 119 Å². The summed E-state index contributed by atoms with van der Waals surface area (Å²) < 4.78 is 28.5. The van der Waals surface area contributed by atoms with Crippen molar-refractivity contribution < 1.29 is 8.42 Å². The average molecular weight is 299 g/mol. The highest BCUT2D eigenvalue weighted by molar-refractivity contribution is 7.89. The molecule has 0 saturated carbocycles. The highest BCUT2D eigenvalue weighted by Crippen LogP contribution is 2.27. The van der Waals surface area contributed by atoms with E-state index >= 15 is 0 Å². The van der Waals surface area contributed by atoms with Gasteiger partial charge in [-0.15, -0.1) is 0 Å². The third-order valence-corrected chi connectivity index (χ3v) is 6.09. The molecule has 1 aromatic heterocycles. The van der Waals surface area contributed by atoms with Gasteiger partial charge in [0.05, 0.1) is 0 Å². The molecule has 1 unspecified atom stereocenters. The maximum absolute atomic E-state index is 12.7. The fraction of sp³-hybridized carbons (Fsp3) is 0.750. The van der Waals surface area contributed by atoms with Crippen LogP contribution in [-0.2, 0) is 17.1 Å². The Kier molecular flexibility index (Phi) is 3.47. The summed E-state index contributed by atoms with van der Waals surface area (Å²) in [5.74, 6) is 0.0834. The van der Waals surface area contributed by atoms with E-state index < -0.39 is 10.0 Å². The van der Waals surface area contributed by atoms with Gasteiger partial charge in [-0.05, 0) is 32.4 Å². The van der Waals surface area contributed by atoms with Crippen molar-refractivity contribution >= 4 is 15.8 Å². The molecule has 0 bridgehead atoms. The summed E-state index contributed by atoms with van der Waals surface area (Å²) in [6.45, 7) is 3.20. The number of hydrogen-bond acceptors (Lipinski definition) is 5. The molecule has 0 aromatic carbocycles. The van der Waals surface area contributed by atoms with E-state index in [-0.39, 0.29) is 10.7 Å². The van der Waals surface area contributed by atoms with Crippen LogP contribution in [0.3, 0.4) is 0 Å². The van der Waals surface area contributed by atoms with Crippen LogP contribution < -0.4 is 5.73 Å². The average Bonchev–Trinajstić information content (AvgIpc) is 2.90. The summed E-state index contributed by atoms with van der Waals surface area (Å²) in [6.07, 6.45) is 4.60. The predicted molar refractivity (Wildman–Crippen MR) is 75.6 cm³/mol. The summed E-state index contributed by atoms with van der Waals surface area (Å²) in [5.41, 5.74) is 5.73. The Bertz CT molecular complexity index is 597. The second kappa shape index (κ2) is 5.01. The largest absolute Gasteiger partial charge is 0.381 e. The first-order valence-corrected chi connectivity index (χ1v) is 8.46. The van der Waals surface area contributed by atoms with Crippen molar-refractivity contribution in [3.05, 3.63) is 6.20 Å². The molecular formula is C12H21N5O2S. The van der Waals surface area contributed by atoms with E-state index in [9.17, 15) is 8.42 Å². The number of rotatable bonds is 2. The number of fused-ring (bicyclic) bond motifs is 1. The van der Waals surface area contributed by atoms with E-state index in [1.54, 1.807) is 11.4 Å².